The first-order chi connectivity index (χ1) is 8.82. The maximum Gasteiger partial charge on any atom is 0.333 e. The smallest absolute Gasteiger partial charge is 0.333 e. The topological polar surface area (TPSA) is 93.2 Å². The van der Waals surface area contributed by atoms with Crippen molar-refractivity contribution < 1.29 is 10.0 Å². The molecule has 1 heterocycles. The molecule has 7 nitrogen and oxygen atoms in total. The van der Waals surface area contributed by atoms with E-state index >= 15 is 0 Å². The van der Waals surface area contributed by atoms with Gasteiger partial charge in [0, 0.05) is 13.6 Å². The number of aryl methyl sites for hydroxylation is 2. The molecule has 19 heavy (non-hydrogen) atoms. The molecule has 0 fully saturated rings. The highest BCUT2D eigenvalue weighted by Gasteiger charge is 2.27. The second kappa shape index (κ2) is 6.01. The van der Waals surface area contributed by atoms with Crippen molar-refractivity contribution in [3.05, 3.63) is 15.8 Å². The van der Waals surface area contributed by atoms with Crippen LogP contribution in [0, 0.1) is 10.1 Å². The Kier molecular flexibility index (Phi) is 4.88. The summed E-state index contributed by atoms with van der Waals surface area (Å²) in [6, 6.07) is 0. The van der Waals surface area contributed by atoms with Crippen LogP contribution in [0.3, 0.4) is 0 Å². The minimum atomic E-state index is -0.890. The van der Waals surface area contributed by atoms with Gasteiger partial charge in [0.2, 0.25) is 5.82 Å². The largest absolute Gasteiger partial charge is 0.388 e. The summed E-state index contributed by atoms with van der Waals surface area (Å²) in [5.74, 6) is 0.346. The van der Waals surface area contributed by atoms with Crippen molar-refractivity contribution in [1.82, 2.24) is 9.78 Å². The van der Waals surface area contributed by atoms with Gasteiger partial charge in [-0.1, -0.05) is 20.3 Å². The minimum absolute atomic E-state index is 0.00250. The molecule has 1 atom stereocenters. The number of aliphatic hydroxyl groups is 1. The molecule has 1 unspecified atom stereocenters. The molecule has 0 amide bonds. The fraction of sp³-hybridized carbons (Fsp3) is 0.750. The van der Waals surface area contributed by atoms with E-state index in [-0.39, 0.29) is 12.2 Å². The van der Waals surface area contributed by atoms with E-state index in [9.17, 15) is 15.2 Å². The van der Waals surface area contributed by atoms with E-state index in [1.54, 1.807) is 14.0 Å². The molecule has 1 aromatic heterocycles. The van der Waals surface area contributed by atoms with Crippen molar-refractivity contribution in [3.8, 4) is 0 Å². The Morgan fingerprint density at radius 3 is 2.63 bits per heavy atom. The van der Waals surface area contributed by atoms with Gasteiger partial charge in [-0.2, -0.15) is 5.10 Å². The zero-order valence-corrected chi connectivity index (χ0v) is 11.9. The highest BCUT2D eigenvalue weighted by Crippen LogP contribution is 2.29. The molecular weight excluding hydrogens is 248 g/mol. The molecule has 2 N–H and O–H groups in total. The van der Waals surface area contributed by atoms with Crippen molar-refractivity contribution >= 4 is 11.5 Å². The molecule has 7 heteroatoms. The molecule has 0 saturated heterocycles. The Balaban J connectivity index is 2.95. The van der Waals surface area contributed by atoms with Crippen LogP contribution < -0.4 is 5.32 Å². The summed E-state index contributed by atoms with van der Waals surface area (Å²) in [5.41, 5.74) is -0.443. The van der Waals surface area contributed by atoms with Crippen molar-refractivity contribution in [2.75, 3.05) is 11.9 Å². The number of nitrogens with zero attached hydrogens (tertiary/aromatic N) is 3. The van der Waals surface area contributed by atoms with Crippen molar-refractivity contribution in [1.29, 1.82) is 0 Å². The Hall–Kier alpha value is -1.63. The summed E-state index contributed by atoms with van der Waals surface area (Å²) >= 11 is 0. The predicted molar refractivity (Wildman–Crippen MR) is 73.3 cm³/mol. The zero-order valence-electron chi connectivity index (χ0n) is 11.9. The van der Waals surface area contributed by atoms with Crippen LogP contribution in [-0.2, 0) is 13.5 Å². The number of anilines is 1. The van der Waals surface area contributed by atoms with Gasteiger partial charge >= 0.3 is 5.69 Å². The van der Waals surface area contributed by atoms with E-state index < -0.39 is 10.5 Å². The average Bonchev–Trinajstić information content (AvgIpc) is 2.63. The number of hydrogen-bond donors (Lipinski definition) is 2. The van der Waals surface area contributed by atoms with Crippen LogP contribution >= 0.6 is 0 Å². The summed E-state index contributed by atoms with van der Waals surface area (Å²) in [4.78, 5) is 10.7. The molecule has 1 rings (SSSR count). The van der Waals surface area contributed by atoms with E-state index in [0.29, 0.717) is 24.4 Å². The normalized spacial score (nSPS) is 14.2. The average molecular weight is 270 g/mol. The summed E-state index contributed by atoms with van der Waals surface area (Å²) in [5, 5.41) is 28.3. The van der Waals surface area contributed by atoms with E-state index in [4.69, 9.17) is 0 Å². The van der Waals surface area contributed by atoms with Crippen LogP contribution in [-0.4, -0.2) is 32.0 Å². The Bertz CT molecular complexity index is 454. The van der Waals surface area contributed by atoms with Crippen molar-refractivity contribution in [2.24, 2.45) is 7.05 Å². The van der Waals surface area contributed by atoms with Crippen LogP contribution in [0.2, 0.25) is 0 Å². The van der Waals surface area contributed by atoms with Gasteiger partial charge in [0.05, 0.1) is 10.5 Å². The minimum Gasteiger partial charge on any atom is -0.388 e. The van der Waals surface area contributed by atoms with Gasteiger partial charge in [-0.3, -0.25) is 10.1 Å². The van der Waals surface area contributed by atoms with Gasteiger partial charge in [0.1, 0.15) is 5.69 Å². The maximum atomic E-state index is 11.1. The number of rotatable bonds is 7. The summed E-state index contributed by atoms with van der Waals surface area (Å²) in [6.45, 7) is 5.78. The first kappa shape index (κ1) is 15.4. The Morgan fingerprint density at radius 2 is 2.16 bits per heavy atom. The van der Waals surface area contributed by atoms with Crippen molar-refractivity contribution in [2.45, 2.75) is 45.6 Å². The molecule has 0 spiro atoms. The van der Waals surface area contributed by atoms with Gasteiger partial charge in [-0.25, -0.2) is 4.68 Å². The van der Waals surface area contributed by atoms with E-state index in [1.165, 1.54) is 4.68 Å². The fourth-order valence-electron chi connectivity index (χ4n) is 2.10. The van der Waals surface area contributed by atoms with Crippen LogP contribution in [0.1, 0.15) is 39.3 Å². The summed E-state index contributed by atoms with van der Waals surface area (Å²) < 4.78 is 1.46. The SMILES string of the molecule is CCCC(C)(O)CNc1c([N+](=O)[O-])c(CC)nn1C. The number of aromatic nitrogens is 2. The quantitative estimate of drug-likeness (QED) is 0.582. The molecular formula is C12H22N4O3. The maximum absolute atomic E-state index is 11.1. The highest BCUT2D eigenvalue weighted by molar-refractivity contribution is 5.59. The third kappa shape index (κ3) is 3.66. The van der Waals surface area contributed by atoms with Gasteiger partial charge in [-0.15, -0.1) is 0 Å². The first-order valence-corrected chi connectivity index (χ1v) is 6.49. The van der Waals surface area contributed by atoms with E-state index in [2.05, 4.69) is 10.4 Å². The van der Waals surface area contributed by atoms with Crippen LogP contribution in [0.25, 0.3) is 0 Å². The lowest BCUT2D eigenvalue weighted by atomic mass is 10.0. The summed E-state index contributed by atoms with van der Waals surface area (Å²) in [6.07, 6.45) is 1.98. The van der Waals surface area contributed by atoms with Gasteiger partial charge in [0.15, 0.2) is 0 Å². The van der Waals surface area contributed by atoms with E-state index in [0.717, 1.165) is 6.42 Å². The number of hydrogen-bond acceptors (Lipinski definition) is 5. The first-order valence-electron chi connectivity index (χ1n) is 6.49. The second-order valence-electron chi connectivity index (χ2n) is 4.98. The highest BCUT2D eigenvalue weighted by atomic mass is 16.6. The van der Waals surface area contributed by atoms with Gasteiger partial charge in [-0.05, 0) is 19.8 Å². The molecule has 0 aliphatic rings. The van der Waals surface area contributed by atoms with Crippen LogP contribution in [0.5, 0.6) is 0 Å². The molecule has 0 radical (unpaired) electrons. The molecule has 0 aliphatic carbocycles. The standard InChI is InChI=1S/C12H22N4O3/c1-5-7-12(3,17)8-13-11-10(16(18)19)9(6-2)14-15(11)4/h13,17H,5-8H2,1-4H3. The second-order valence-corrected chi connectivity index (χ2v) is 4.98. The van der Waals surface area contributed by atoms with Gasteiger partial charge < -0.3 is 10.4 Å². The molecule has 0 aliphatic heterocycles. The summed E-state index contributed by atoms with van der Waals surface area (Å²) in [7, 11) is 1.66. The monoisotopic (exact) mass is 270 g/mol. The van der Waals surface area contributed by atoms with E-state index in [1.807, 2.05) is 13.8 Å². The lowest BCUT2D eigenvalue weighted by Gasteiger charge is -2.23. The zero-order chi connectivity index (χ0) is 14.6. The molecule has 1 aromatic rings. The van der Waals surface area contributed by atoms with Crippen LogP contribution in [0.4, 0.5) is 11.5 Å². The molecule has 0 saturated carbocycles. The lowest BCUT2D eigenvalue weighted by Crippen LogP contribution is -2.33. The number of nitro groups is 1. The van der Waals surface area contributed by atoms with Crippen LogP contribution in [0.15, 0.2) is 0 Å². The van der Waals surface area contributed by atoms with Crippen molar-refractivity contribution in [3.63, 3.8) is 0 Å². The molecule has 108 valence electrons. The molecule has 0 aromatic carbocycles. The Labute approximate surface area is 112 Å². The molecule has 0 bridgehead atoms. The predicted octanol–water partition coefficient (Wildman–Crippen LogP) is 1.85. The number of nitrogens with one attached hydrogen (secondary N) is 1. The fourth-order valence-corrected chi connectivity index (χ4v) is 2.10. The van der Waals surface area contributed by atoms with Gasteiger partial charge in [0.25, 0.3) is 0 Å². The third-order valence-corrected chi connectivity index (χ3v) is 3.03. The third-order valence-electron chi connectivity index (χ3n) is 3.03. The Morgan fingerprint density at radius 1 is 1.53 bits per heavy atom. The lowest BCUT2D eigenvalue weighted by molar-refractivity contribution is -0.384.